The van der Waals surface area contributed by atoms with Crippen LogP contribution in [0.1, 0.15) is 22.4 Å². The van der Waals surface area contributed by atoms with E-state index < -0.39 is 5.97 Å². The second-order valence-electron chi connectivity index (χ2n) is 4.61. The molecule has 0 fully saturated rings. The number of rotatable bonds is 3. The fraction of sp³-hybridized carbons (Fsp3) is 0.200. The smallest absolute Gasteiger partial charge is 0.328 e. The van der Waals surface area contributed by atoms with Crippen LogP contribution < -0.4 is 0 Å². The van der Waals surface area contributed by atoms with Crippen molar-refractivity contribution in [3.63, 3.8) is 0 Å². The van der Waals surface area contributed by atoms with Crippen molar-refractivity contribution in [1.82, 2.24) is 9.78 Å². The van der Waals surface area contributed by atoms with Crippen LogP contribution in [0.5, 0.6) is 0 Å². The van der Waals surface area contributed by atoms with Crippen LogP contribution in [-0.4, -0.2) is 20.9 Å². The van der Waals surface area contributed by atoms with E-state index in [9.17, 15) is 4.79 Å². The lowest BCUT2D eigenvalue weighted by molar-refractivity contribution is -0.131. The molecule has 4 nitrogen and oxygen atoms in total. The van der Waals surface area contributed by atoms with Gasteiger partial charge in [0.2, 0.25) is 0 Å². The van der Waals surface area contributed by atoms with Gasteiger partial charge in [-0.05, 0) is 50.1 Å². The predicted molar refractivity (Wildman–Crippen MR) is 74.4 cm³/mol. The van der Waals surface area contributed by atoms with E-state index in [1.54, 1.807) is 12.3 Å². The summed E-state index contributed by atoms with van der Waals surface area (Å²) in [4.78, 5) is 10.5. The van der Waals surface area contributed by atoms with Crippen LogP contribution in [0.2, 0.25) is 0 Å². The van der Waals surface area contributed by atoms with Gasteiger partial charge in [0.1, 0.15) is 0 Å². The Morgan fingerprint density at radius 3 is 2.42 bits per heavy atom. The zero-order chi connectivity index (χ0) is 14.0. The quantitative estimate of drug-likeness (QED) is 0.859. The summed E-state index contributed by atoms with van der Waals surface area (Å²) in [6.07, 6.45) is 4.35. The molecule has 0 aliphatic carbocycles. The van der Waals surface area contributed by atoms with Gasteiger partial charge in [0.25, 0.3) is 0 Å². The number of carbonyl (C=O) groups is 1. The van der Waals surface area contributed by atoms with Gasteiger partial charge < -0.3 is 5.11 Å². The van der Waals surface area contributed by atoms with Gasteiger partial charge in [-0.1, -0.05) is 6.07 Å². The van der Waals surface area contributed by atoms with E-state index in [1.165, 1.54) is 11.1 Å². The average Bonchev–Trinajstić information content (AvgIpc) is 2.66. The number of nitrogens with zero attached hydrogens (tertiary/aromatic N) is 2. The van der Waals surface area contributed by atoms with Crippen LogP contribution in [0.25, 0.3) is 11.8 Å². The van der Waals surface area contributed by atoms with Crippen molar-refractivity contribution in [3.05, 3.63) is 52.9 Å². The molecule has 1 N–H and O–H groups in total. The number of carboxylic acids is 1. The Morgan fingerprint density at radius 2 is 1.84 bits per heavy atom. The topological polar surface area (TPSA) is 55.1 Å². The zero-order valence-corrected chi connectivity index (χ0v) is 11.2. The molecule has 2 aromatic rings. The molecule has 19 heavy (non-hydrogen) atoms. The summed E-state index contributed by atoms with van der Waals surface area (Å²) in [7, 11) is 0. The zero-order valence-electron chi connectivity index (χ0n) is 11.2. The van der Waals surface area contributed by atoms with Crippen LogP contribution in [0.4, 0.5) is 0 Å². The number of hydrogen-bond acceptors (Lipinski definition) is 2. The third-order valence-electron chi connectivity index (χ3n) is 2.90. The van der Waals surface area contributed by atoms with Gasteiger partial charge >= 0.3 is 5.97 Å². The molecule has 0 atom stereocenters. The van der Waals surface area contributed by atoms with Crippen LogP contribution in [0, 0.1) is 20.8 Å². The monoisotopic (exact) mass is 256 g/mol. The van der Waals surface area contributed by atoms with Crippen LogP contribution >= 0.6 is 0 Å². The van der Waals surface area contributed by atoms with Crippen molar-refractivity contribution in [2.24, 2.45) is 0 Å². The Hall–Kier alpha value is -2.36. The second-order valence-corrected chi connectivity index (χ2v) is 4.61. The summed E-state index contributed by atoms with van der Waals surface area (Å²) in [6.45, 7) is 6.01. The van der Waals surface area contributed by atoms with E-state index >= 15 is 0 Å². The highest BCUT2D eigenvalue weighted by Gasteiger charge is 2.07. The molecule has 2 rings (SSSR count). The number of benzene rings is 1. The molecule has 0 bridgehead atoms. The number of carboxylic acid groups (broad SMARTS) is 1. The van der Waals surface area contributed by atoms with E-state index in [2.05, 4.69) is 23.3 Å². The standard InChI is InChI=1S/C15H16N2O2/c1-10-6-11(2)8-14(7-10)17-12(3)13(9-16-17)4-5-15(18)19/h4-9H,1-3H3,(H,18,19)/b5-4+. The summed E-state index contributed by atoms with van der Waals surface area (Å²) in [6, 6.07) is 6.21. The molecule has 0 amide bonds. The lowest BCUT2D eigenvalue weighted by atomic mass is 10.1. The lowest BCUT2D eigenvalue weighted by Gasteiger charge is -2.07. The van der Waals surface area contributed by atoms with E-state index in [1.807, 2.05) is 25.5 Å². The van der Waals surface area contributed by atoms with Gasteiger partial charge in [0.05, 0.1) is 11.9 Å². The lowest BCUT2D eigenvalue weighted by Crippen LogP contribution is -2.00. The van der Waals surface area contributed by atoms with Crippen molar-refractivity contribution in [2.75, 3.05) is 0 Å². The molecule has 0 aliphatic heterocycles. The Balaban J connectivity index is 2.44. The summed E-state index contributed by atoms with van der Waals surface area (Å²) in [5.41, 5.74) is 5.06. The molecule has 98 valence electrons. The first-order chi connectivity index (χ1) is 8.97. The fourth-order valence-corrected chi connectivity index (χ4v) is 2.08. The number of aromatic nitrogens is 2. The first kappa shape index (κ1) is 13.1. The highest BCUT2D eigenvalue weighted by atomic mass is 16.4. The average molecular weight is 256 g/mol. The van der Waals surface area contributed by atoms with Gasteiger partial charge in [-0.3, -0.25) is 0 Å². The summed E-state index contributed by atoms with van der Waals surface area (Å²) >= 11 is 0. The largest absolute Gasteiger partial charge is 0.478 e. The fourth-order valence-electron chi connectivity index (χ4n) is 2.08. The van der Waals surface area contributed by atoms with E-state index in [4.69, 9.17) is 5.11 Å². The van der Waals surface area contributed by atoms with Crippen molar-refractivity contribution in [1.29, 1.82) is 0 Å². The minimum Gasteiger partial charge on any atom is -0.478 e. The van der Waals surface area contributed by atoms with Gasteiger partial charge in [0.15, 0.2) is 0 Å². The van der Waals surface area contributed by atoms with Gasteiger partial charge in [-0.2, -0.15) is 5.10 Å². The molecule has 0 aliphatic rings. The van der Waals surface area contributed by atoms with E-state index in [0.717, 1.165) is 23.0 Å². The minimum absolute atomic E-state index is 0.807. The number of aryl methyl sites for hydroxylation is 2. The van der Waals surface area contributed by atoms with Crippen molar-refractivity contribution in [2.45, 2.75) is 20.8 Å². The third kappa shape index (κ3) is 2.91. The Bertz CT molecular complexity index is 634. The van der Waals surface area contributed by atoms with Crippen LogP contribution in [0.15, 0.2) is 30.5 Å². The van der Waals surface area contributed by atoms with Crippen LogP contribution in [0.3, 0.4) is 0 Å². The van der Waals surface area contributed by atoms with Crippen LogP contribution in [-0.2, 0) is 4.79 Å². The molecule has 4 heteroatoms. The van der Waals surface area contributed by atoms with E-state index in [-0.39, 0.29) is 0 Å². The molecule has 1 heterocycles. The Kier molecular flexibility index (Phi) is 3.51. The molecule has 1 aromatic carbocycles. The maximum Gasteiger partial charge on any atom is 0.328 e. The highest BCUT2D eigenvalue weighted by molar-refractivity contribution is 5.85. The third-order valence-corrected chi connectivity index (χ3v) is 2.90. The first-order valence-electron chi connectivity index (χ1n) is 6.01. The number of aliphatic carboxylic acids is 1. The molecule has 0 radical (unpaired) electrons. The molecular formula is C15H16N2O2. The van der Waals surface area contributed by atoms with Gasteiger partial charge in [-0.25, -0.2) is 9.48 Å². The molecular weight excluding hydrogens is 240 g/mol. The van der Waals surface area contributed by atoms with Gasteiger partial charge in [-0.15, -0.1) is 0 Å². The molecule has 0 spiro atoms. The first-order valence-corrected chi connectivity index (χ1v) is 6.01. The molecule has 0 unspecified atom stereocenters. The van der Waals surface area contributed by atoms with Crippen molar-refractivity contribution in [3.8, 4) is 5.69 Å². The normalized spacial score (nSPS) is 11.1. The SMILES string of the molecule is Cc1cc(C)cc(-n2ncc(/C=C/C(=O)O)c2C)c1. The van der Waals surface area contributed by atoms with E-state index in [0.29, 0.717) is 0 Å². The maximum atomic E-state index is 10.5. The molecule has 0 saturated carbocycles. The molecule has 1 aromatic heterocycles. The Morgan fingerprint density at radius 1 is 1.21 bits per heavy atom. The summed E-state index contributed by atoms with van der Waals surface area (Å²) < 4.78 is 1.82. The van der Waals surface area contributed by atoms with Crippen molar-refractivity contribution >= 4 is 12.0 Å². The second kappa shape index (κ2) is 5.10. The maximum absolute atomic E-state index is 10.5. The highest BCUT2D eigenvalue weighted by Crippen LogP contribution is 2.18. The van der Waals surface area contributed by atoms with Gasteiger partial charge in [0, 0.05) is 17.3 Å². The predicted octanol–water partition coefficient (Wildman–Crippen LogP) is 2.90. The minimum atomic E-state index is -0.960. The van der Waals surface area contributed by atoms with Crippen molar-refractivity contribution < 1.29 is 9.90 Å². The molecule has 0 saturated heterocycles. The number of hydrogen-bond donors (Lipinski definition) is 1. The summed E-state index contributed by atoms with van der Waals surface area (Å²) in [5, 5.41) is 13.0. The summed E-state index contributed by atoms with van der Waals surface area (Å²) in [5.74, 6) is -0.960. The Labute approximate surface area is 112 Å².